The van der Waals surface area contributed by atoms with Crippen LogP contribution in [0.1, 0.15) is 43.2 Å². The number of amides is 2. The number of likely N-dealkylation sites (N-methyl/N-ethyl adjacent to an activating group) is 1. The molecule has 43 heavy (non-hydrogen) atoms. The van der Waals surface area contributed by atoms with Gasteiger partial charge >= 0.3 is 0 Å². The Hall–Kier alpha value is -3.81. The van der Waals surface area contributed by atoms with Crippen LogP contribution in [0, 0.1) is 23.6 Å². The second-order valence-electron chi connectivity index (χ2n) is 12.6. The maximum Gasteiger partial charge on any atom is 0.255 e. The number of halogens is 1. The topological polar surface area (TPSA) is 194 Å². The molecule has 1 aromatic rings. The molecule has 5 atom stereocenters. The number of hydrogen-bond acceptors (Lipinski definition) is 10. The van der Waals surface area contributed by atoms with Crippen molar-refractivity contribution in [2.45, 2.75) is 56.2 Å². The summed E-state index contributed by atoms with van der Waals surface area (Å²) >= 11 is 0. The van der Waals surface area contributed by atoms with Gasteiger partial charge in [-0.15, -0.1) is 0 Å². The molecule has 12 nitrogen and oxygen atoms in total. The number of anilines is 1. The van der Waals surface area contributed by atoms with Gasteiger partial charge in [0.25, 0.3) is 5.91 Å². The molecule has 7 N–H and O–H groups in total. The highest BCUT2D eigenvalue weighted by molar-refractivity contribution is 6.24. The molecule has 4 aliphatic carbocycles. The molecule has 230 valence electrons. The maximum absolute atomic E-state index is 15.8. The fraction of sp³-hybridized carbons (Fsp3) is 0.533. The highest BCUT2D eigenvalue weighted by atomic mass is 19.1. The van der Waals surface area contributed by atoms with Gasteiger partial charge in [-0.2, -0.15) is 0 Å². The molecule has 2 amide bonds. The number of primary amides is 1. The van der Waals surface area contributed by atoms with Crippen LogP contribution in [0.25, 0.3) is 5.76 Å². The van der Waals surface area contributed by atoms with E-state index in [-0.39, 0.29) is 47.7 Å². The summed E-state index contributed by atoms with van der Waals surface area (Å²) in [6.45, 7) is 0.898. The number of nitrogens with two attached hydrogens (primary N) is 1. The molecule has 6 rings (SSSR count). The van der Waals surface area contributed by atoms with Crippen LogP contribution >= 0.6 is 0 Å². The largest absolute Gasteiger partial charge is 0.508 e. The van der Waals surface area contributed by atoms with Crippen molar-refractivity contribution in [1.29, 1.82) is 0 Å². The lowest BCUT2D eigenvalue weighted by molar-refractivity contribution is -0.153. The summed E-state index contributed by atoms with van der Waals surface area (Å²) in [5.74, 6) is -8.74. The van der Waals surface area contributed by atoms with Crippen molar-refractivity contribution in [2.75, 3.05) is 32.1 Å². The minimum atomic E-state index is -2.79. The number of aliphatic hydroxyl groups excluding tert-OH is 2. The molecule has 1 heterocycles. The summed E-state index contributed by atoms with van der Waals surface area (Å²) in [5.41, 5.74) is 0.646. The van der Waals surface area contributed by atoms with Gasteiger partial charge in [-0.1, -0.05) is 0 Å². The average molecular weight is 599 g/mol. The van der Waals surface area contributed by atoms with E-state index in [0.29, 0.717) is 25.3 Å². The summed E-state index contributed by atoms with van der Waals surface area (Å²) in [5, 5.41) is 48.8. The van der Waals surface area contributed by atoms with Crippen molar-refractivity contribution in [3.8, 4) is 5.75 Å². The summed E-state index contributed by atoms with van der Waals surface area (Å²) in [6.07, 6.45) is 3.06. The average Bonchev–Trinajstić information content (AvgIpc) is 3.76. The fourth-order valence-electron chi connectivity index (χ4n) is 7.39. The molecule has 0 aromatic heterocycles. The molecular weight excluding hydrogens is 563 g/mol. The number of carbonyl (C=O) groups is 4. The van der Waals surface area contributed by atoms with E-state index in [1.165, 1.54) is 23.9 Å². The van der Waals surface area contributed by atoms with Crippen molar-refractivity contribution in [3.63, 3.8) is 0 Å². The van der Waals surface area contributed by atoms with Crippen LogP contribution in [0.15, 0.2) is 23.0 Å². The van der Waals surface area contributed by atoms with Gasteiger partial charge in [0.05, 0.1) is 23.3 Å². The number of rotatable bonds is 6. The second-order valence-corrected chi connectivity index (χ2v) is 12.6. The van der Waals surface area contributed by atoms with E-state index in [4.69, 9.17) is 5.73 Å². The Bertz CT molecular complexity index is 1530. The summed E-state index contributed by atoms with van der Waals surface area (Å²) in [4.78, 5) is 55.4. The van der Waals surface area contributed by atoms with Crippen LogP contribution in [0.5, 0.6) is 5.75 Å². The molecule has 1 saturated heterocycles. The number of piperidine rings is 1. The van der Waals surface area contributed by atoms with Crippen molar-refractivity contribution in [3.05, 3.63) is 39.9 Å². The van der Waals surface area contributed by atoms with Crippen molar-refractivity contribution >= 4 is 34.8 Å². The van der Waals surface area contributed by atoms with Crippen LogP contribution in [-0.4, -0.2) is 93.6 Å². The highest BCUT2D eigenvalue weighted by Gasteiger charge is 2.64. The van der Waals surface area contributed by atoms with Crippen LogP contribution in [-0.2, 0) is 25.6 Å². The Morgan fingerprint density at radius 2 is 1.88 bits per heavy atom. The first-order valence-corrected chi connectivity index (χ1v) is 14.5. The van der Waals surface area contributed by atoms with E-state index in [2.05, 4.69) is 5.32 Å². The third-order valence-corrected chi connectivity index (χ3v) is 9.73. The van der Waals surface area contributed by atoms with Crippen LogP contribution < -0.4 is 16.0 Å². The quantitative estimate of drug-likeness (QED) is 0.253. The van der Waals surface area contributed by atoms with Gasteiger partial charge in [-0.3, -0.25) is 24.1 Å². The number of hydrogen-bond donors (Lipinski definition) is 6. The van der Waals surface area contributed by atoms with E-state index in [9.17, 15) is 39.6 Å². The molecule has 3 fully saturated rings. The first-order chi connectivity index (χ1) is 20.3. The van der Waals surface area contributed by atoms with Gasteiger partial charge in [0.2, 0.25) is 11.7 Å². The van der Waals surface area contributed by atoms with E-state index in [1.54, 1.807) is 0 Å². The number of benzene rings is 1. The molecule has 0 radical (unpaired) electrons. The van der Waals surface area contributed by atoms with Gasteiger partial charge in [-0.05, 0) is 71.0 Å². The Labute approximate surface area is 246 Å². The predicted molar refractivity (Wildman–Crippen MR) is 150 cm³/mol. The zero-order valence-electron chi connectivity index (χ0n) is 23.9. The number of aromatic hydroxyl groups is 1. The lowest BCUT2D eigenvalue weighted by Crippen LogP contribution is -2.65. The first kappa shape index (κ1) is 29.3. The van der Waals surface area contributed by atoms with Crippen molar-refractivity contribution in [2.24, 2.45) is 23.5 Å². The predicted octanol–water partition coefficient (Wildman–Crippen LogP) is 0.598. The van der Waals surface area contributed by atoms with E-state index in [1.807, 2.05) is 0 Å². The number of nitrogens with one attached hydrogen (secondary N) is 1. The molecule has 2 saturated carbocycles. The lowest BCUT2D eigenvalue weighted by Gasteiger charge is -2.50. The van der Waals surface area contributed by atoms with E-state index >= 15 is 4.39 Å². The standard InChI is InChI=1S/C30H35FN4O8/c1-34(2)22-15-9-13-8-14-16(31)10-18(35-7-3-4-17(29(35)42)33-11-12-5-6-12)23(36)20(14)24(37)19(13)26(39)30(15,43)27(40)21(25(22)38)28(32)41/h10,12-13,15,17,22,33,36-37,40,43H,3-9,11H2,1-2H3,(H2,32,41)/t13-,15-,17-,22-,30-/m0/s1. The zero-order chi connectivity index (χ0) is 31.1. The number of ketones is 2. The molecule has 1 aliphatic heterocycles. The zero-order valence-corrected chi connectivity index (χ0v) is 23.9. The number of phenols is 1. The minimum absolute atomic E-state index is 0.0836. The van der Waals surface area contributed by atoms with Crippen LogP contribution in [0.2, 0.25) is 0 Å². The molecular formula is C30H35FN4O8. The maximum atomic E-state index is 15.8. The molecule has 1 aromatic carbocycles. The number of Topliss-reactive ketones (excluding diaryl/α,β-unsaturated/α-hetero) is 2. The molecule has 0 bridgehead atoms. The number of carbonyl (C=O) groups excluding carboxylic acids is 4. The highest BCUT2D eigenvalue weighted by Crippen LogP contribution is 2.54. The van der Waals surface area contributed by atoms with Gasteiger partial charge in [0.15, 0.2) is 17.1 Å². The van der Waals surface area contributed by atoms with Gasteiger partial charge < -0.3 is 36.4 Å². The molecule has 13 heteroatoms. The van der Waals surface area contributed by atoms with E-state index < -0.39 is 75.7 Å². The van der Waals surface area contributed by atoms with Crippen molar-refractivity contribution < 1.29 is 44.0 Å². The van der Waals surface area contributed by atoms with Crippen LogP contribution in [0.4, 0.5) is 10.1 Å². The smallest absolute Gasteiger partial charge is 0.255 e. The number of nitrogens with zero attached hydrogens (tertiary/aromatic N) is 2. The van der Waals surface area contributed by atoms with Gasteiger partial charge in [0.1, 0.15) is 22.9 Å². The Morgan fingerprint density at radius 1 is 1.19 bits per heavy atom. The molecule has 0 spiro atoms. The number of fused-ring (bicyclic) bond motifs is 3. The number of phenolic OH excluding ortho intramolecular Hbond substituents is 1. The Morgan fingerprint density at radius 3 is 2.51 bits per heavy atom. The Kier molecular flexibility index (Phi) is 6.90. The summed E-state index contributed by atoms with van der Waals surface area (Å²) in [7, 11) is 3.00. The van der Waals surface area contributed by atoms with Gasteiger partial charge in [0, 0.05) is 29.7 Å². The summed E-state index contributed by atoms with van der Waals surface area (Å²) in [6, 6.07) is -0.692. The molecule has 5 aliphatic rings. The normalized spacial score (nSPS) is 30.9. The van der Waals surface area contributed by atoms with E-state index in [0.717, 1.165) is 18.9 Å². The third-order valence-electron chi connectivity index (χ3n) is 9.73. The monoisotopic (exact) mass is 598 g/mol. The summed E-state index contributed by atoms with van der Waals surface area (Å²) < 4.78 is 15.8. The fourth-order valence-corrected chi connectivity index (χ4v) is 7.39. The van der Waals surface area contributed by atoms with Crippen LogP contribution in [0.3, 0.4) is 0 Å². The SMILES string of the molecule is CN(C)[C@@H]1C(=O)C(C(N)=O)=C(O)[C@@]2(O)C(=O)C3=C(O)c4c(O)c(N5CCC[C@H](NCC6CC6)C5=O)cc(F)c4C[C@H]3C[C@@H]12. The number of aliphatic hydroxyl groups is 3. The second kappa shape index (κ2) is 10.1. The third kappa shape index (κ3) is 4.27. The lowest BCUT2D eigenvalue weighted by atomic mass is 9.57. The van der Waals surface area contributed by atoms with Crippen molar-refractivity contribution in [1.82, 2.24) is 10.2 Å². The van der Waals surface area contributed by atoms with Gasteiger partial charge in [-0.25, -0.2) is 4.39 Å². The first-order valence-electron chi connectivity index (χ1n) is 14.5. The Balaban J connectivity index is 1.44. The molecule has 0 unspecified atom stereocenters. The minimum Gasteiger partial charge on any atom is -0.508 e.